The Morgan fingerprint density at radius 3 is 2.63 bits per heavy atom. The van der Waals surface area contributed by atoms with Gasteiger partial charge in [0.1, 0.15) is 0 Å². The summed E-state index contributed by atoms with van der Waals surface area (Å²) in [5, 5.41) is 0.810. The molecule has 3 rings (SSSR count). The van der Waals surface area contributed by atoms with Crippen molar-refractivity contribution < 1.29 is 0 Å². The minimum absolute atomic E-state index is 0. The Morgan fingerprint density at radius 1 is 1.26 bits per heavy atom. The van der Waals surface area contributed by atoms with Crippen molar-refractivity contribution in [1.82, 2.24) is 4.90 Å². The number of likely N-dealkylation sites (N-methyl/N-ethyl adjacent to an activating group) is 1. The number of nitrogens with zero attached hydrogens (tertiary/aromatic N) is 1. The summed E-state index contributed by atoms with van der Waals surface area (Å²) >= 11 is 7.90. The molecule has 0 amide bonds. The van der Waals surface area contributed by atoms with E-state index >= 15 is 0 Å². The van der Waals surface area contributed by atoms with Crippen molar-refractivity contribution in [2.75, 3.05) is 13.6 Å². The molecule has 0 fully saturated rings. The number of thiophene rings is 1. The molecule has 4 heteroatoms. The monoisotopic (exact) mass is 313 g/mol. The summed E-state index contributed by atoms with van der Waals surface area (Å²) in [6, 6.07) is 10.6. The van der Waals surface area contributed by atoms with Gasteiger partial charge in [-0.3, -0.25) is 0 Å². The minimum atomic E-state index is 0. The van der Waals surface area contributed by atoms with E-state index in [1.54, 1.807) is 0 Å². The highest BCUT2D eigenvalue weighted by atomic mass is 35.5. The van der Waals surface area contributed by atoms with Crippen molar-refractivity contribution in [3.05, 3.63) is 56.2 Å². The highest BCUT2D eigenvalue weighted by Gasteiger charge is 2.26. The van der Waals surface area contributed by atoms with Crippen LogP contribution >= 0.6 is 35.3 Å². The van der Waals surface area contributed by atoms with Crippen molar-refractivity contribution in [3.8, 4) is 0 Å². The van der Waals surface area contributed by atoms with Crippen LogP contribution < -0.4 is 0 Å². The average molecular weight is 314 g/mol. The largest absolute Gasteiger partial charge is 0.300 e. The summed E-state index contributed by atoms with van der Waals surface area (Å²) < 4.78 is 0. The molecule has 0 radical (unpaired) electrons. The maximum absolute atomic E-state index is 5.98. The van der Waals surface area contributed by atoms with E-state index in [2.05, 4.69) is 37.1 Å². The molecular weight excluding hydrogens is 297 g/mol. The predicted molar refractivity (Wildman–Crippen MR) is 85.9 cm³/mol. The number of hydrogen-bond donors (Lipinski definition) is 0. The van der Waals surface area contributed by atoms with E-state index in [1.807, 2.05) is 23.5 Å². The second kappa shape index (κ2) is 5.84. The quantitative estimate of drug-likeness (QED) is 0.737. The van der Waals surface area contributed by atoms with Gasteiger partial charge in [-0.2, -0.15) is 0 Å². The van der Waals surface area contributed by atoms with Gasteiger partial charge in [-0.15, -0.1) is 23.7 Å². The van der Waals surface area contributed by atoms with Crippen molar-refractivity contribution in [2.24, 2.45) is 0 Å². The maximum atomic E-state index is 5.98. The summed E-state index contributed by atoms with van der Waals surface area (Å²) in [6.45, 7) is 4.37. The second-order valence-corrected chi connectivity index (χ2v) is 6.81. The summed E-state index contributed by atoms with van der Waals surface area (Å²) in [5.41, 5.74) is 2.88. The molecule has 0 saturated carbocycles. The second-order valence-electron chi connectivity index (χ2n) is 5.04. The fourth-order valence-electron chi connectivity index (χ4n) is 2.70. The minimum Gasteiger partial charge on any atom is -0.300 e. The molecule has 1 aliphatic heterocycles. The van der Waals surface area contributed by atoms with Crippen LogP contribution in [0.3, 0.4) is 0 Å². The summed E-state index contributed by atoms with van der Waals surface area (Å²) in [6.07, 6.45) is 0. The van der Waals surface area contributed by atoms with Crippen molar-refractivity contribution >= 4 is 35.3 Å². The van der Waals surface area contributed by atoms with E-state index in [9.17, 15) is 0 Å². The molecule has 1 atom stereocenters. The highest BCUT2D eigenvalue weighted by Crippen LogP contribution is 2.37. The lowest BCUT2D eigenvalue weighted by molar-refractivity contribution is 0.299. The van der Waals surface area contributed by atoms with Crippen molar-refractivity contribution in [3.63, 3.8) is 0 Å². The van der Waals surface area contributed by atoms with Crippen LogP contribution in [-0.2, 0) is 6.54 Å². The number of rotatable bonds is 1. The Kier molecular flexibility index (Phi) is 4.57. The van der Waals surface area contributed by atoms with Gasteiger partial charge >= 0.3 is 0 Å². The van der Waals surface area contributed by atoms with Crippen molar-refractivity contribution in [2.45, 2.75) is 19.4 Å². The fourth-order valence-corrected chi connectivity index (χ4v) is 4.00. The lowest BCUT2D eigenvalue weighted by atomic mass is 9.88. The lowest BCUT2D eigenvalue weighted by Crippen LogP contribution is -2.29. The first kappa shape index (κ1) is 14.9. The SMILES string of the molecule is Cc1cc2c(s1)CN(C)CC2c1ccc(Cl)cc1.Cl. The van der Waals surface area contributed by atoms with E-state index in [1.165, 1.54) is 20.9 Å². The molecule has 2 heterocycles. The van der Waals surface area contributed by atoms with E-state index in [0.29, 0.717) is 5.92 Å². The van der Waals surface area contributed by atoms with Crippen LogP contribution in [0.2, 0.25) is 5.02 Å². The summed E-state index contributed by atoms with van der Waals surface area (Å²) in [7, 11) is 2.20. The molecule has 0 saturated heterocycles. The van der Waals surface area contributed by atoms with E-state index in [0.717, 1.165) is 18.1 Å². The topological polar surface area (TPSA) is 3.24 Å². The number of halogens is 2. The van der Waals surface area contributed by atoms with Gasteiger partial charge in [0.15, 0.2) is 0 Å². The van der Waals surface area contributed by atoms with Crippen LogP contribution in [0.15, 0.2) is 30.3 Å². The fraction of sp³-hybridized carbons (Fsp3) is 0.333. The van der Waals surface area contributed by atoms with E-state index in [4.69, 9.17) is 11.6 Å². The Bertz CT molecular complexity index is 562. The zero-order valence-electron chi connectivity index (χ0n) is 11.0. The molecule has 19 heavy (non-hydrogen) atoms. The smallest absolute Gasteiger partial charge is 0.0406 e. The molecule has 102 valence electrons. The normalized spacial score (nSPS) is 18.8. The first-order valence-electron chi connectivity index (χ1n) is 6.16. The van der Waals surface area contributed by atoms with Gasteiger partial charge in [0, 0.05) is 33.8 Å². The van der Waals surface area contributed by atoms with Gasteiger partial charge in [0.25, 0.3) is 0 Å². The molecule has 1 nitrogen and oxygen atoms in total. The molecule has 1 aliphatic rings. The zero-order chi connectivity index (χ0) is 12.7. The third kappa shape index (κ3) is 2.97. The number of fused-ring (bicyclic) bond motifs is 1. The van der Waals surface area contributed by atoms with Crippen LogP contribution in [0.5, 0.6) is 0 Å². The van der Waals surface area contributed by atoms with Gasteiger partial charge in [-0.1, -0.05) is 23.7 Å². The zero-order valence-corrected chi connectivity index (χ0v) is 13.4. The van der Waals surface area contributed by atoms with Gasteiger partial charge < -0.3 is 4.90 Å². The first-order valence-corrected chi connectivity index (χ1v) is 7.36. The molecule has 2 aromatic rings. The van der Waals surface area contributed by atoms with Gasteiger partial charge in [0.05, 0.1) is 0 Å². The highest BCUT2D eigenvalue weighted by molar-refractivity contribution is 7.12. The standard InChI is InChI=1S/C15H16ClNS.ClH/c1-10-7-13-14(8-17(2)9-15(13)18-10)11-3-5-12(16)6-4-11;/h3-7,14H,8-9H2,1-2H3;1H. The third-order valence-electron chi connectivity index (χ3n) is 3.52. The summed E-state index contributed by atoms with van der Waals surface area (Å²) in [4.78, 5) is 5.33. The molecule has 0 aliphatic carbocycles. The predicted octanol–water partition coefficient (Wildman–Crippen LogP) is 4.71. The molecule has 0 spiro atoms. The van der Waals surface area contributed by atoms with Crippen LogP contribution in [0.4, 0.5) is 0 Å². The van der Waals surface area contributed by atoms with Crippen LogP contribution in [-0.4, -0.2) is 18.5 Å². The van der Waals surface area contributed by atoms with Crippen LogP contribution in [0.1, 0.15) is 26.8 Å². The Balaban J connectivity index is 0.00000133. The van der Waals surface area contributed by atoms with Gasteiger partial charge in [0.2, 0.25) is 0 Å². The maximum Gasteiger partial charge on any atom is 0.0406 e. The number of benzene rings is 1. The Hall–Kier alpha value is -0.540. The molecule has 0 bridgehead atoms. The van der Waals surface area contributed by atoms with Crippen molar-refractivity contribution in [1.29, 1.82) is 0 Å². The van der Waals surface area contributed by atoms with Gasteiger partial charge in [-0.25, -0.2) is 0 Å². The lowest BCUT2D eigenvalue weighted by Gasteiger charge is -2.30. The van der Waals surface area contributed by atoms with E-state index < -0.39 is 0 Å². The Labute approximate surface area is 129 Å². The number of hydrogen-bond acceptors (Lipinski definition) is 2. The number of aryl methyl sites for hydroxylation is 1. The third-order valence-corrected chi connectivity index (χ3v) is 4.82. The molecular formula is C15H17Cl2NS. The Morgan fingerprint density at radius 2 is 1.95 bits per heavy atom. The summed E-state index contributed by atoms with van der Waals surface area (Å²) in [5.74, 6) is 0.487. The van der Waals surface area contributed by atoms with E-state index in [-0.39, 0.29) is 12.4 Å². The van der Waals surface area contributed by atoms with Crippen LogP contribution in [0, 0.1) is 6.92 Å². The molecule has 1 unspecified atom stereocenters. The molecule has 0 N–H and O–H groups in total. The van der Waals surface area contributed by atoms with Gasteiger partial charge in [-0.05, 0) is 43.3 Å². The molecule has 1 aromatic carbocycles. The van der Waals surface area contributed by atoms with Crippen LogP contribution in [0.25, 0.3) is 0 Å². The first-order chi connectivity index (χ1) is 8.63. The molecule has 1 aromatic heterocycles. The average Bonchev–Trinajstić information content (AvgIpc) is 2.69.